The molecule has 0 aromatic heterocycles. The van der Waals surface area contributed by atoms with Crippen molar-refractivity contribution in [3.8, 4) is 17.2 Å². The van der Waals surface area contributed by atoms with Gasteiger partial charge in [0.25, 0.3) is 5.91 Å². The third-order valence-electron chi connectivity index (χ3n) is 4.99. The molecule has 8 nitrogen and oxygen atoms in total. The van der Waals surface area contributed by atoms with E-state index >= 15 is 0 Å². The van der Waals surface area contributed by atoms with Gasteiger partial charge in [-0.25, -0.2) is 13.9 Å². The molecule has 0 aliphatic carbocycles. The number of piperidine rings is 1. The Balaban J connectivity index is 1.80. The first-order valence-corrected chi connectivity index (χ1v) is 10.7. The first-order chi connectivity index (χ1) is 13.9. The number of hydroxylamine groups is 1. The molecule has 2 aromatic rings. The molecule has 29 heavy (non-hydrogen) atoms. The molecule has 1 aliphatic rings. The van der Waals surface area contributed by atoms with Crippen LogP contribution in [0.25, 0.3) is 0 Å². The van der Waals surface area contributed by atoms with E-state index in [4.69, 9.17) is 14.7 Å². The number of carbonyl (C=O) groups is 1. The van der Waals surface area contributed by atoms with E-state index < -0.39 is 22.0 Å². The van der Waals surface area contributed by atoms with Gasteiger partial charge in [-0.15, -0.1) is 0 Å². The molecule has 156 valence electrons. The molecular formula is C20H24N2O6S. The van der Waals surface area contributed by atoms with Crippen molar-refractivity contribution in [1.29, 1.82) is 0 Å². The predicted octanol–water partition coefficient (Wildman–Crippen LogP) is 2.78. The van der Waals surface area contributed by atoms with Crippen LogP contribution in [-0.4, -0.2) is 43.5 Å². The SMILES string of the molecule is COc1ccc(Oc2ccc(S(=O)(=O)N3CCC[C@H](C)C3C(=O)NO)cc2)cc1. The Morgan fingerprint density at radius 3 is 2.17 bits per heavy atom. The summed E-state index contributed by atoms with van der Waals surface area (Å²) >= 11 is 0. The highest BCUT2D eigenvalue weighted by atomic mass is 32.2. The van der Waals surface area contributed by atoms with Crippen molar-refractivity contribution in [3.05, 3.63) is 48.5 Å². The number of benzene rings is 2. The zero-order chi connectivity index (χ0) is 21.0. The van der Waals surface area contributed by atoms with Gasteiger partial charge in [0.05, 0.1) is 12.0 Å². The number of nitrogens with zero attached hydrogens (tertiary/aromatic N) is 1. The zero-order valence-corrected chi connectivity index (χ0v) is 17.1. The Labute approximate surface area is 170 Å². The fourth-order valence-electron chi connectivity index (χ4n) is 3.47. The van der Waals surface area contributed by atoms with Crippen LogP contribution in [0.15, 0.2) is 53.4 Å². The van der Waals surface area contributed by atoms with E-state index in [1.54, 1.807) is 55.9 Å². The second kappa shape index (κ2) is 8.81. The molecule has 1 aliphatic heterocycles. The maximum absolute atomic E-state index is 13.1. The summed E-state index contributed by atoms with van der Waals surface area (Å²) in [6.07, 6.45) is 1.35. The van der Waals surface area contributed by atoms with E-state index in [2.05, 4.69) is 0 Å². The lowest BCUT2D eigenvalue weighted by Crippen LogP contribution is -2.54. The molecule has 2 N–H and O–H groups in total. The quantitative estimate of drug-likeness (QED) is 0.550. The summed E-state index contributed by atoms with van der Waals surface area (Å²) in [5.74, 6) is 0.844. The van der Waals surface area contributed by atoms with Crippen LogP contribution in [0.1, 0.15) is 19.8 Å². The topological polar surface area (TPSA) is 105 Å². The number of amides is 1. The lowest BCUT2D eigenvalue weighted by atomic mass is 9.92. The van der Waals surface area contributed by atoms with E-state index in [0.717, 1.165) is 4.31 Å². The number of carbonyl (C=O) groups excluding carboxylic acids is 1. The molecule has 0 radical (unpaired) electrons. The highest BCUT2D eigenvalue weighted by Crippen LogP contribution is 2.31. The van der Waals surface area contributed by atoms with Gasteiger partial charge in [-0.1, -0.05) is 6.92 Å². The summed E-state index contributed by atoms with van der Waals surface area (Å²) in [6, 6.07) is 12.1. The molecule has 2 aromatic carbocycles. The molecule has 1 unspecified atom stereocenters. The largest absolute Gasteiger partial charge is 0.497 e. The summed E-state index contributed by atoms with van der Waals surface area (Å²) in [5, 5.41) is 9.02. The molecule has 0 saturated carbocycles. The van der Waals surface area contributed by atoms with E-state index in [0.29, 0.717) is 30.1 Å². The van der Waals surface area contributed by atoms with Gasteiger partial charge in [-0.3, -0.25) is 10.0 Å². The lowest BCUT2D eigenvalue weighted by Gasteiger charge is -2.37. The third-order valence-corrected chi connectivity index (χ3v) is 6.89. The van der Waals surface area contributed by atoms with Crippen molar-refractivity contribution in [2.24, 2.45) is 5.92 Å². The molecular weight excluding hydrogens is 396 g/mol. The number of nitrogens with one attached hydrogen (secondary N) is 1. The highest BCUT2D eigenvalue weighted by molar-refractivity contribution is 7.89. The summed E-state index contributed by atoms with van der Waals surface area (Å²) < 4.78 is 38.2. The molecule has 2 atom stereocenters. The first-order valence-electron chi connectivity index (χ1n) is 9.24. The number of hydrogen-bond acceptors (Lipinski definition) is 6. The van der Waals surface area contributed by atoms with Crippen LogP contribution in [0.2, 0.25) is 0 Å². The summed E-state index contributed by atoms with van der Waals surface area (Å²) in [7, 11) is -2.33. The van der Waals surface area contributed by atoms with Crippen molar-refractivity contribution in [3.63, 3.8) is 0 Å². The lowest BCUT2D eigenvalue weighted by molar-refractivity contribution is -0.135. The number of sulfonamides is 1. The predicted molar refractivity (Wildman–Crippen MR) is 106 cm³/mol. The smallest absolute Gasteiger partial charge is 0.262 e. The van der Waals surface area contributed by atoms with Gasteiger partial charge < -0.3 is 9.47 Å². The number of methoxy groups -OCH3 is 1. The molecule has 0 bridgehead atoms. The van der Waals surface area contributed by atoms with E-state index in [9.17, 15) is 13.2 Å². The Morgan fingerprint density at radius 1 is 1.07 bits per heavy atom. The Hall–Kier alpha value is -2.62. The van der Waals surface area contributed by atoms with E-state index in [1.807, 2.05) is 0 Å². The normalized spacial score (nSPS) is 20.1. The number of hydrogen-bond donors (Lipinski definition) is 2. The monoisotopic (exact) mass is 420 g/mol. The molecule has 1 heterocycles. The average Bonchev–Trinajstić information content (AvgIpc) is 2.74. The Kier molecular flexibility index (Phi) is 6.41. The van der Waals surface area contributed by atoms with Crippen molar-refractivity contribution < 1.29 is 27.9 Å². The van der Waals surface area contributed by atoms with Gasteiger partial charge in [0.1, 0.15) is 23.3 Å². The average molecular weight is 420 g/mol. The summed E-state index contributed by atoms with van der Waals surface area (Å²) in [6.45, 7) is 2.02. The van der Waals surface area contributed by atoms with Gasteiger partial charge in [0.2, 0.25) is 10.0 Å². The molecule has 0 spiro atoms. The van der Waals surface area contributed by atoms with Crippen molar-refractivity contribution in [2.45, 2.75) is 30.7 Å². The minimum absolute atomic E-state index is 0.0596. The van der Waals surface area contributed by atoms with E-state index in [1.165, 1.54) is 12.1 Å². The van der Waals surface area contributed by atoms with Gasteiger partial charge >= 0.3 is 0 Å². The summed E-state index contributed by atoms with van der Waals surface area (Å²) in [4.78, 5) is 12.1. The number of rotatable bonds is 6. The van der Waals surface area contributed by atoms with Gasteiger partial charge in [0, 0.05) is 6.54 Å². The van der Waals surface area contributed by atoms with Gasteiger partial charge in [0.15, 0.2) is 0 Å². The fraction of sp³-hybridized carbons (Fsp3) is 0.350. The molecule has 1 fully saturated rings. The van der Waals surface area contributed by atoms with Gasteiger partial charge in [-0.05, 0) is 67.3 Å². The Bertz CT molecular complexity index is 944. The first kappa shape index (κ1) is 21.1. The summed E-state index contributed by atoms with van der Waals surface area (Å²) in [5.41, 5.74) is 1.59. The standard InChI is InChI=1S/C20H24N2O6S/c1-14-4-3-13-22(19(14)20(23)21-24)29(25,26)18-11-9-17(10-12-18)28-16-7-5-15(27-2)6-8-16/h5-12,14,19,24H,3-4,13H2,1-2H3,(H,21,23)/t14-,19?/m0/s1. The maximum atomic E-state index is 13.1. The molecule has 1 saturated heterocycles. The molecule has 9 heteroatoms. The van der Waals surface area contributed by atoms with E-state index in [-0.39, 0.29) is 17.4 Å². The zero-order valence-electron chi connectivity index (χ0n) is 16.2. The van der Waals surface area contributed by atoms with Crippen LogP contribution < -0.4 is 15.0 Å². The van der Waals surface area contributed by atoms with Crippen molar-refractivity contribution >= 4 is 15.9 Å². The van der Waals surface area contributed by atoms with Crippen LogP contribution in [0.5, 0.6) is 17.2 Å². The van der Waals surface area contributed by atoms with Crippen LogP contribution in [0.4, 0.5) is 0 Å². The fourth-order valence-corrected chi connectivity index (χ4v) is 5.19. The molecule has 1 amide bonds. The van der Waals surface area contributed by atoms with Crippen LogP contribution in [-0.2, 0) is 14.8 Å². The third kappa shape index (κ3) is 4.52. The minimum Gasteiger partial charge on any atom is -0.497 e. The van der Waals surface area contributed by atoms with Crippen molar-refractivity contribution in [1.82, 2.24) is 9.79 Å². The van der Waals surface area contributed by atoms with Crippen LogP contribution in [0, 0.1) is 5.92 Å². The van der Waals surface area contributed by atoms with Crippen LogP contribution >= 0.6 is 0 Å². The molecule has 3 rings (SSSR count). The second-order valence-corrected chi connectivity index (χ2v) is 8.80. The number of ether oxygens (including phenoxy) is 2. The maximum Gasteiger partial charge on any atom is 0.262 e. The van der Waals surface area contributed by atoms with Crippen LogP contribution in [0.3, 0.4) is 0 Å². The second-order valence-electron chi connectivity index (χ2n) is 6.91. The minimum atomic E-state index is -3.91. The highest BCUT2D eigenvalue weighted by Gasteiger charge is 2.41. The van der Waals surface area contributed by atoms with Gasteiger partial charge in [-0.2, -0.15) is 4.31 Å². The Morgan fingerprint density at radius 2 is 1.62 bits per heavy atom. The van der Waals surface area contributed by atoms with Crippen molar-refractivity contribution in [2.75, 3.05) is 13.7 Å².